The van der Waals surface area contributed by atoms with Gasteiger partial charge in [0.1, 0.15) is 0 Å². The van der Waals surface area contributed by atoms with Crippen LogP contribution in [-0.2, 0) is 11.0 Å². The lowest BCUT2D eigenvalue weighted by Crippen LogP contribution is -2.51. The van der Waals surface area contributed by atoms with Gasteiger partial charge in [-0.3, -0.25) is 14.5 Å². The average molecular weight is 383 g/mol. The minimum atomic E-state index is -4.41. The second-order valence-electron chi connectivity index (χ2n) is 7.19. The SMILES string of the molecule is O=C(CN1CCN(C(=O)c2ccc(C(F)(F)F)cc2)CC1)NC1CCCC1. The molecule has 1 aliphatic heterocycles. The number of hydrogen-bond acceptors (Lipinski definition) is 3. The molecule has 1 N–H and O–H groups in total. The maximum Gasteiger partial charge on any atom is 0.416 e. The predicted octanol–water partition coefficient (Wildman–Crippen LogP) is 2.52. The highest BCUT2D eigenvalue weighted by Crippen LogP contribution is 2.29. The molecular formula is C19H24F3N3O2. The Morgan fingerprint density at radius 2 is 1.59 bits per heavy atom. The first-order valence-electron chi connectivity index (χ1n) is 9.31. The van der Waals surface area contributed by atoms with Gasteiger partial charge in [-0.2, -0.15) is 13.2 Å². The van der Waals surface area contributed by atoms with Crippen molar-refractivity contribution >= 4 is 11.8 Å². The number of nitrogens with zero attached hydrogens (tertiary/aromatic N) is 2. The van der Waals surface area contributed by atoms with E-state index in [1.807, 2.05) is 4.90 Å². The maximum absolute atomic E-state index is 12.6. The Morgan fingerprint density at radius 3 is 2.15 bits per heavy atom. The van der Waals surface area contributed by atoms with Crippen LogP contribution in [0, 0.1) is 0 Å². The molecule has 1 aliphatic carbocycles. The number of piperazine rings is 1. The average Bonchev–Trinajstić information content (AvgIpc) is 3.14. The van der Waals surface area contributed by atoms with Crippen LogP contribution in [0.2, 0.25) is 0 Å². The van der Waals surface area contributed by atoms with E-state index in [2.05, 4.69) is 5.32 Å². The van der Waals surface area contributed by atoms with Gasteiger partial charge >= 0.3 is 6.18 Å². The zero-order chi connectivity index (χ0) is 19.4. The molecule has 2 fully saturated rings. The molecule has 1 aromatic rings. The van der Waals surface area contributed by atoms with Gasteiger partial charge in [0.05, 0.1) is 12.1 Å². The first kappa shape index (κ1) is 19.7. The van der Waals surface area contributed by atoms with Gasteiger partial charge in [-0.1, -0.05) is 12.8 Å². The molecule has 0 aromatic heterocycles. The summed E-state index contributed by atoms with van der Waals surface area (Å²) in [6, 6.07) is 4.58. The number of nitrogens with one attached hydrogen (secondary N) is 1. The Kier molecular flexibility index (Phi) is 6.04. The van der Waals surface area contributed by atoms with Crippen LogP contribution in [0.1, 0.15) is 41.6 Å². The lowest BCUT2D eigenvalue weighted by Gasteiger charge is -2.34. The van der Waals surface area contributed by atoms with E-state index in [-0.39, 0.29) is 17.4 Å². The first-order valence-corrected chi connectivity index (χ1v) is 9.31. The second kappa shape index (κ2) is 8.29. The fraction of sp³-hybridized carbons (Fsp3) is 0.579. The Hall–Kier alpha value is -2.09. The zero-order valence-electron chi connectivity index (χ0n) is 15.1. The molecular weight excluding hydrogens is 359 g/mol. The fourth-order valence-corrected chi connectivity index (χ4v) is 3.64. The van der Waals surface area contributed by atoms with Gasteiger partial charge in [0.2, 0.25) is 5.91 Å². The van der Waals surface area contributed by atoms with Gasteiger partial charge in [0.25, 0.3) is 5.91 Å². The summed E-state index contributed by atoms with van der Waals surface area (Å²) in [5, 5.41) is 3.05. The highest BCUT2D eigenvalue weighted by Gasteiger charge is 2.31. The van der Waals surface area contributed by atoms with Gasteiger partial charge in [0, 0.05) is 37.8 Å². The van der Waals surface area contributed by atoms with Crippen molar-refractivity contribution in [3.8, 4) is 0 Å². The van der Waals surface area contributed by atoms with Crippen LogP contribution in [0.3, 0.4) is 0 Å². The number of rotatable bonds is 4. The van der Waals surface area contributed by atoms with Crippen LogP contribution in [0.25, 0.3) is 0 Å². The van der Waals surface area contributed by atoms with Crippen molar-refractivity contribution in [2.24, 2.45) is 0 Å². The highest BCUT2D eigenvalue weighted by molar-refractivity contribution is 5.94. The Balaban J connectivity index is 1.46. The van der Waals surface area contributed by atoms with Gasteiger partial charge in [-0.05, 0) is 37.1 Å². The monoisotopic (exact) mass is 383 g/mol. The summed E-state index contributed by atoms with van der Waals surface area (Å²) in [4.78, 5) is 28.2. The molecule has 1 heterocycles. The molecule has 0 atom stereocenters. The second-order valence-corrected chi connectivity index (χ2v) is 7.19. The molecule has 5 nitrogen and oxygen atoms in total. The Morgan fingerprint density at radius 1 is 1.00 bits per heavy atom. The standard InChI is InChI=1S/C19H24F3N3O2/c20-19(21,22)15-7-5-14(6-8-15)18(27)25-11-9-24(10-12-25)13-17(26)23-16-3-1-2-4-16/h5-8,16H,1-4,9-13H2,(H,23,26). The molecule has 0 spiro atoms. The Bertz CT molecular complexity index is 662. The molecule has 2 amide bonds. The Labute approximate surface area is 156 Å². The lowest BCUT2D eigenvalue weighted by atomic mass is 10.1. The van der Waals surface area contributed by atoms with Crippen molar-refractivity contribution < 1.29 is 22.8 Å². The minimum Gasteiger partial charge on any atom is -0.352 e. The zero-order valence-corrected chi connectivity index (χ0v) is 15.1. The van der Waals surface area contributed by atoms with Crippen molar-refractivity contribution in [2.45, 2.75) is 37.9 Å². The van der Waals surface area contributed by atoms with E-state index in [1.165, 1.54) is 12.1 Å². The molecule has 1 aromatic carbocycles. The van der Waals surface area contributed by atoms with E-state index in [1.54, 1.807) is 4.90 Å². The van der Waals surface area contributed by atoms with Gasteiger partial charge < -0.3 is 10.2 Å². The lowest BCUT2D eigenvalue weighted by molar-refractivity contribution is -0.137. The van der Waals surface area contributed by atoms with E-state index >= 15 is 0 Å². The van der Waals surface area contributed by atoms with Crippen LogP contribution in [-0.4, -0.2) is 60.4 Å². The number of benzene rings is 1. The van der Waals surface area contributed by atoms with E-state index in [4.69, 9.17) is 0 Å². The topological polar surface area (TPSA) is 52.7 Å². The summed E-state index contributed by atoms with van der Waals surface area (Å²) in [7, 11) is 0. The summed E-state index contributed by atoms with van der Waals surface area (Å²) < 4.78 is 37.9. The summed E-state index contributed by atoms with van der Waals surface area (Å²) in [5.74, 6) is -0.261. The fourth-order valence-electron chi connectivity index (χ4n) is 3.64. The van der Waals surface area contributed by atoms with Crippen molar-refractivity contribution in [2.75, 3.05) is 32.7 Å². The van der Waals surface area contributed by atoms with Gasteiger partial charge in [-0.15, -0.1) is 0 Å². The van der Waals surface area contributed by atoms with Crippen LogP contribution in [0.15, 0.2) is 24.3 Å². The van der Waals surface area contributed by atoms with Gasteiger partial charge in [-0.25, -0.2) is 0 Å². The first-order chi connectivity index (χ1) is 12.8. The van der Waals surface area contributed by atoms with E-state index in [0.717, 1.165) is 37.8 Å². The van der Waals surface area contributed by atoms with Crippen molar-refractivity contribution in [1.82, 2.24) is 15.1 Å². The van der Waals surface area contributed by atoms with Crippen LogP contribution in [0.4, 0.5) is 13.2 Å². The molecule has 0 unspecified atom stereocenters. The molecule has 1 saturated carbocycles. The number of halogens is 3. The molecule has 148 valence electrons. The third-order valence-electron chi connectivity index (χ3n) is 5.21. The molecule has 3 rings (SSSR count). The summed E-state index contributed by atoms with van der Waals surface area (Å²) in [6.45, 7) is 2.38. The molecule has 1 saturated heterocycles. The third kappa shape index (κ3) is 5.22. The third-order valence-corrected chi connectivity index (χ3v) is 5.21. The van der Waals surface area contributed by atoms with Crippen molar-refractivity contribution in [3.63, 3.8) is 0 Å². The van der Waals surface area contributed by atoms with Crippen molar-refractivity contribution in [3.05, 3.63) is 35.4 Å². The summed E-state index contributed by atoms with van der Waals surface area (Å²) in [6.07, 6.45) is -0.0000645. The normalized spacial score (nSPS) is 19.3. The number of amides is 2. The molecule has 0 bridgehead atoms. The largest absolute Gasteiger partial charge is 0.416 e. The number of carbonyl (C=O) groups is 2. The highest BCUT2D eigenvalue weighted by atomic mass is 19.4. The maximum atomic E-state index is 12.6. The predicted molar refractivity (Wildman–Crippen MR) is 94.2 cm³/mol. The molecule has 2 aliphatic rings. The molecule has 27 heavy (non-hydrogen) atoms. The number of carbonyl (C=O) groups excluding carboxylic acids is 2. The van der Waals surface area contributed by atoms with E-state index in [9.17, 15) is 22.8 Å². The number of alkyl halides is 3. The quantitative estimate of drug-likeness (QED) is 0.869. The summed E-state index contributed by atoms with van der Waals surface area (Å²) in [5.41, 5.74) is -0.521. The van der Waals surface area contributed by atoms with Crippen LogP contribution in [0.5, 0.6) is 0 Å². The molecule has 0 radical (unpaired) electrons. The molecule has 8 heteroatoms. The van der Waals surface area contributed by atoms with E-state index in [0.29, 0.717) is 38.8 Å². The smallest absolute Gasteiger partial charge is 0.352 e. The minimum absolute atomic E-state index is 0.0180. The van der Waals surface area contributed by atoms with Gasteiger partial charge in [0.15, 0.2) is 0 Å². The van der Waals surface area contributed by atoms with Crippen molar-refractivity contribution in [1.29, 1.82) is 0 Å². The van der Waals surface area contributed by atoms with Crippen LogP contribution >= 0.6 is 0 Å². The number of hydrogen-bond donors (Lipinski definition) is 1. The summed E-state index contributed by atoms with van der Waals surface area (Å²) >= 11 is 0. The van der Waals surface area contributed by atoms with Crippen LogP contribution < -0.4 is 5.32 Å². The van der Waals surface area contributed by atoms with E-state index < -0.39 is 11.7 Å².